The molecule has 0 spiro atoms. The lowest BCUT2D eigenvalue weighted by molar-refractivity contribution is -0.118. The Hall–Kier alpha value is -1.44. The zero-order valence-corrected chi connectivity index (χ0v) is 16.5. The molecular weight excluding hydrogens is 370 g/mol. The highest BCUT2D eigenvalue weighted by Crippen LogP contribution is 2.39. The van der Waals surface area contributed by atoms with Gasteiger partial charge in [0, 0.05) is 15.1 Å². The Kier molecular flexibility index (Phi) is 5.05. The summed E-state index contributed by atoms with van der Waals surface area (Å²) in [6, 6.07) is 2.08. The predicted molar refractivity (Wildman–Crippen MR) is 106 cm³/mol. The van der Waals surface area contributed by atoms with Crippen molar-refractivity contribution < 1.29 is 4.79 Å². The Morgan fingerprint density at radius 1 is 1.32 bits per heavy atom. The summed E-state index contributed by atoms with van der Waals surface area (Å²) in [5.74, 6) is 0.440. The van der Waals surface area contributed by atoms with Crippen molar-refractivity contribution in [2.24, 2.45) is 0 Å². The van der Waals surface area contributed by atoms with Gasteiger partial charge in [-0.25, -0.2) is 9.97 Å². The smallest absolute Gasteiger partial charge is 0.230 e. The highest BCUT2D eigenvalue weighted by Gasteiger charge is 2.20. The van der Waals surface area contributed by atoms with Crippen LogP contribution in [0, 0.1) is 6.92 Å². The van der Waals surface area contributed by atoms with E-state index in [1.165, 1.54) is 50.9 Å². The van der Waals surface area contributed by atoms with Gasteiger partial charge in [0.1, 0.15) is 16.2 Å². The molecule has 1 aliphatic rings. The third-order valence-electron chi connectivity index (χ3n) is 4.47. The molecule has 3 heterocycles. The van der Waals surface area contributed by atoms with E-state index in [-0.39, 0.29) is 5.91 Å². The zero-order chi connectivity index (χ0) is 17.2. The van der Waals surface area contributed by atoms with Crippen LogP contribution in [0.2, 0.25) is 0 Å². The van der Waals surface area contributed by atoms with E-state index in [0.29, 0.717) is 12.3 Å². The summed E-state index contributed by atoms with van der Waals surface area (Å²) in [6.07, 6.45) is 6.39. The number of nitrogens with one attached hydrogen (secondary N) is 1. The second kappa shape index (κ2) is 7.43. The maximum Gasteiger partial charge on any atom is 0.230 e. The first-order valence-electron chi connectivity index (χ1n) is 8.40. The van der Waals surface area contributed by atoms with Gasteiger partial charge in [0.15, 0.2) is 0 Å². The van der Waals surface area contributed by atoms with Crippen LogP contribution in [-0.4, -0.2) is 21.6 Å². The molecule has 25 heavy (non-hydrogen) atoms. The van der Waals surface area contributed by atoms with Crippen LogP contribution >= 0.6 is 34.4 Å². The van der Waals surface area contributed by atoms with Crippen LogP contribution in [0.5, 0.6) is 0 Å². The Morgan fingerprint density at radius 2 is 2.20 bits per heavy atom. The standard InChI is InChI=1S/C18H19N3OS3/c1-11-6-7-23-14(11)8-19-15(22)9-24-17-16-12-4-2-3-5-13(12)25-18(16)21-10-20-17/h6-7,10H,2-5,8-9H2,1H3,(H,19,22). The third-order valence-corrected chi connectivity index (χ3v) is 7.68. The second-order valence-corrected chi connectivity index (χ2v) is 9.21. The van der Waals surface area contributed by atoms with Crippen molar-refractivity contribution in [3.8, 4) is 0 Å². The molecule has 1 amide bonds. The number of fused-ring (bicyclic) bond motifs is 3. The lowest BCUT2D eigenvalue weighted by atomic mass is 9.97. The summed E-state index contributed by atoms with van der Waals surface area (Å²) in [5.41, 5.74) is 2.66. The fourth-order valence-electron chi connectivity index (χ4n) is 3.12. The molecule has 130 valence electrons. The van der Waals surface area contributed by atoms with E-state index < -0.39 is 0 Å². The number of carbonyl (C=O) groups excluding carboxylic acids is 1. The molecule has 3 aromatic rings. The molecule has 0 saturated heterocycles. The Bertz CT molecular complexity index is 916. The molecule has 1 N–H and O–H groups in total. The Labute approximate surface area is 159 Å². The highest BCUT2D eigenvalue weighted by molar-refractivity contribution is 8.00. The van der Waals surface area contributed by atoms with Gasteiger partial charge in [-0.2, -0.15) is 0 Å². The van der Waals surface area contributed by atoms with Crippen molar-refractivity contribution in [3.63, 3.8) is 0 Å². The number of hydrogen-bond acceptors (Lipinski definition) is 6. The van der Waals surface area contributed by atoms with Crippen LogP contribution in [0.3, 0.4) is 0 Å². The molecule has 0 aliphatic heterocycles. The van der Waals surface area contributed by atoms with Crippen LogP contribution in [0.15, 0.2) is 22.8 Å². The lowest BCUT2D eigenvalue weighted by Crippen LogP contribution is -2.24. The van der Waals surface area contributed by atoms with Gasteiger partial charge < -0.3 is 5.32 Å². The Balaban J connectivity index is 1.45. The van der Waals surface area contributed by atoms with Crippen molar-refractivity contribution >= 4 is 50.6 Å². The number of aryl methyl sites for hydroxylation is 3. The number of hydrogen-bond donors (Lipinski definition) is 1. The van der Waals surface area contributed by atoms with Gasteiger partial charge in [-0.1, -0.05) is 11.8 Å². The van der Waals surface area contributed by atoms with E-state index in [4.69, 9.17) is 0 Å². The SMILES string of the molecule is Cc1ccsc1CNC(=O)CSc1ncnc2sc3c(c12)CCCC3. The highest BCUT2D eigenvalue weighted by atomic mass is 32.2. The van der Waals surface area contributed by atoms with Crippen LogP contribution in [0.1, 0.15) is 33.7 Å². The van der Waals surface area contributed by atoms with E-state index in [9.17, 15) is 4.79 Å². The van der Waals surface area contributed by atoms with Gasteiger partial charge in [-0.15, -0.1) is 22.7 Å². The summed E-state index contributed by atoms with van der Waals surface area (Å²) in [7, 11) is 0. The predicted octanol–water partition coefficient (Wildman–Crippen LogP) is 4.35. The van der Waals surface area contributed by atoms with E-state index >= 15 is 0 Å². The van der Waals surface area contributed by atoms with Crippen molar-refractivity contribution in [3.05, 3.63) is 38.7 Å². The van der Waals surface area contributed by atoms with Crippen molar-refractivity contribution in [2.45, 2.75) is 44.2 Å². The van der Waals surface area contributed by atoms with Crippen LogP contribution in [0.25, 0.3) is 10.2 Å². The molecule has 0 bridgehead atoms. The monoisotopic (exact) mass is 389 g/mol. The first-order chi connectivity index (χ1) is 12.2. The summed E-state index contributed by atoms with van der Waals surface area (Å²) < 4.78 is 0. The number of nitrogens with zero attached hydrogens (tertiary/aromatic N) is 2. The molecule has 1 aliphatic carbocycles. The van der Waals surface area contributed by atoms with E-state index in [1.54, 1.807) is 29.0 Å². The molecular formula is C18H19N3OS3. The molecule has 3 aromatic heterocycles. The first-order valence-corrected chi connectivity index (χ1v) is 11.1. The molecule has 0 saturated carbocycles. The normalized spacial score (nSPS) is 13.8. The average molecular weight is 390 g/mol. The third kappa shape index (κ3) is 3.59. The molecule has 0 fully saturated rings. The minimum Gasteiger partial charge on any atom is -0.350 e. The van der Waals surface area contributed by atoms with E-state index in [0.717, 1.165) is 22.7 Å². The maximum atomic E-state index is 12.2. The van der Waals surface area contributed by atoms with Crippen molar-refractivity contribution in [2.75, 3.05) is 5.75 Å². The molecule has 4 nitrogen and oxygen atoms in total. The minimum absolute atomic E-state index is 0.0497. The molecule has 0 radical (unpaired) electrons. The lowest BCUT2D eigenvalue weighted by Gasteiger charge is -2.11. The molecule has 7 heteroatoms. The van der Waals surface area contributed by atoms with E-state index in [2.05, 4.69) is 33.7 Å². The molecule has 0 aromatic carbocycles. The second-order valence-electron chi connectivity index (χ2n) is 6.16. The maximum absolute atomic E-state index is 12.2. The molecule has 0 unspecified atom stereocenters. The van der Waals surface area contributed by atoms with Gasteiger partial charge >= 0.3 is 0 Å². The van der Waals surface area contributed by atoms with Gasteiger partial charge in [-0.05, 0) is 55.2 Å². The number of rotatable bonds is 5. The topological polar surface area (TPSA) is 54.9 Å². The van der Waals surface area contributed by atoms with Crippen molar-refractivity contribution in [1.82, 2.24) is 15.3 Å². The van der Waals surface area contributed by atoms with Crippen LogP contribution < -0.4 is 5.32 Å². The van der Waals surface area contributed by atoms with Crippen LogP contribution in [0.4, 0.5) is 0 Å². The number of thioether (sulfide) groups is 1. The van der Waals surface area contributed by atoms with Gasteiger partial charge in [0.25, 0.3) is 0 Å². The number of aromatic nitrogens is 2. The van der Waals surface area contributed by atoms with Crippen LogP contribution in [-0.2, 0) is 24.2 Å². The van der Waals surface area contributed by atoms with Gasteiger partial charge in [0.2, 0.25) is 5.91 Å². The fraction of sp³-hybridized carbons (Fsp3) is 0.389. The summed E-state index contributed by atoms with van der Waals surface area (Å²) in [4.78, 5) is 24.9. The zero-order valence-electron chi connectivity index (χ0n) is 14.0. The van der Waals surface area contributed by atoms with Gasteiger partial charge in [0.05, 0.1) is 12.3 Å². The quantitative estimate of drug-likeness (QED) is 0.521. The summed E-state index contributed by atoms with van der Waals surface area (Å²) in [5, 5.41) is 7.21. The first kappa shape index (κ1) is 17.0. The molecule has 0 atom stereocenters. The fourth-order valence-corrected chi connectivity index (χ4v) is 6.11. The number of carbonyl (C=O) groups is 1. The average Bonchev–Trinajstić information content (AvgIpc) is 3.21. The largest absolute Gasteiger partial charge is 0.350 e. The van der Waals surface area contributed by atoms with Crippen molar-refractivity contribution in [1.29, 1.82) is 0 Å². The van der Waals surface area contributed by atoms with E-state index in [1.807, 2.05) is 0 Å². The number of thiophene rings is 2. The summed E-state index contributed by atoms with van der Waals surface area (Å²) >= 11 is 5.00. The van der Waals surface area contributed by atoms with Gasteiger partial charge in [-0.3, -0.25) is 4.79 Å². The minimum atomic E-state index is 0.0497. The Morgan fingerprint density at radius 3 is 3.04 bits per heavy atom. The number of amides is 1. The molecule has 4 rings (SSSR count). The summed E-state index contributed by atoms with van der Waals surface area (Å²) in [6.45, 7) is 2.68.